The van der Waals surface area contributed by atoms with Crippen LogP contribution in [0, 0.1) is 23.0 Å². The molecule has 0 aliphatic heterocycles. The Labute approximate surface area is 55.6 Å². The summed E-state index contributed by atoms with van der Waals surface area (Å²) in [5, 5.41) is 14.7. The van der Waals surface area contributed by atoms with Gasteiger partial charge in [0.2, 0.25) is 0 Å². The minimum atomic E-state index is 0. The Bertz CT molecular complexity index is 76.7. The van der Waals surface area contributed by atoms with E-state index in [1.165, 1.54) is 0 Å². The zero-order valence-electron chi connectivity index (χ0n) is 3.01. The Hall–Kier alpha value is -0.285. The second kappa shape index (κ2) is 8.83. The van der Waals surface area contributed by atoms with Crippen LogP contribution in [0.15, 0.2) is 0 Å². The van der Waals surface area contributed by atoms with Gasteiger partial charge in [-0.1, -0.05) is 0 Å². The first-order chi connectivity index (χ1) is 2.41. The quantitative estimate of drug-likeness (QED) is 0.458. The summed E-state index contributed by atoms with van der Waals surface area (Å²) in [4.78, 5) is 0. The van der Waals surface area contributed by atoms with Gasteiger partial charge in [-0.3, -0.25) is 0 Å². The minimum absolute atomic E-state index is 0. The van der Waals surface area contributed by atoms with Gasteiger partial charge in [-0.2, -0.15) is 0 Å². The maximum absolute atomic E-state index is 7.37. The maximum atomic E-state index is 7.37. The molecule has 0 bridgehead atoms. The van der Waals surface area contributed by atoms with E-state index in [4.69, 9.17) is 10.5 Å². The summed E-state index contributed by atoms with van der Waals surface area (Å²) in [5.74, 6) is 0. The second-order valence-electron chi connectivity index (χ2n) is 0.285. The molecule has 3 nitrogen and oxygen atoms in total. The largest absolute Gasteiger partial charge is 2.00 e. The van der Waals surface area contributed by atoms with Crippen molar-refractivity contribution >= 4 is 0 Å². The van der Waals surface area contributed by atoms with Gasteiger partial charge in [0, 0.05) is 0 Å². The van der Waals surface area contributed by atoms with E-state index in [0.717, 1.165) is 12.5 Å². The average Bonchev–Trinajstić information content (AvgIpc) is 1.41. The molecule has 24 valence electrons. The molecule has 0 radical (unpaired) electrons. The summed E-state index contributed by atoms with van der Waals surface area (Å²) in [7, 11) is 0. The normalized spacial score (nSPS) is 3.00. The van der Waals surface area contributed by atoms with Crippen molar-refractivity contribution in [3.05, 3.63) is 0 Å². The first-order valence-corrected chi connectivity index (χ1v) is 0.855. The van der Waals surface area contributed by atoms with E-state index < -0.39 is 0 Å². The molecule has 0 aliphatic rings. The standard InChI is InChI=1S/C2N2O.Hg/c3-1-5-2-4;/q;+2. The van der Waals surface area contributed by atoms with Crippen LogP contribution in [0.5, 0.6) is 0 Å². The van der Waals surface area contributed by atoms with Gasteiger partial charge in [0.15, 0.2) is 0 Å². The third-order valence-electron chi connectivity index (χ3n) is 0.0913. The number of nitrogens with zero attached hydrogens (tertiary/aromatic N) is 2. The van der Waals surface area contributed by atoms with Crippen molar-refractivity contribution in [2.24, 2.45) is 0 Å². The molecule has 4 heteroatoms. The van der Waals surface area contributed by atoms with Gasteiger partial charge in [-0.25, -0.2) is 0 Å². The van der Waals surface area contributed by atoms with E-state index in [1.807, 2.05) is 0 Å². The summed E-state index contributed by atoms with van der Waals surface area (Å²) >= 11 is 0. The van der Waals surface area contributed by atoms with Gasteiger partial charge in [0.1, 0.15) is 0 Å². The van der Waals surface area contributed by atoms with Gasteiger partial charge >= 0.3 is 40.2 Å². The van der Waals surface area contributed by atoms with E-state index in [0.29, 0.717) is 0 Å². The van der Waals surface area contributed by atoms with Gasteiger partial charge in [-0.05, 0) is 0 Å². The molecule has 0 amide bonds. The first kappa shape index (κ1) is 9.21. The van der Waals surface area contributed by atoms with Crippen molar-refractivity contribution in [3.8, 4) is 12.5 Å². The fourth-order valence-corrected chi connectivity index (χ4v) is 0.0204. The monoisotopic (exact) mass is 270 g/mol. The van der Waals surface area contributed by atoms with Gasteiger partial charge in [0.25, 0.3) is 0 Å². The van der Waals surface area contributed by atoms with Crippen LogP contribution < -0.4 is 0 Å². The van der Waals surface area contributed by atoms with Crippen molar-refractivity contribution in [1.29, 1.82) is 10.5 Å². The molecule has 0 fully saturated rings. The van der Waals surface area contributed by atoms with Crippen LogP contribution in [0.4, 0.5) is 0 Å². The van der Waals surface area contributed by atoms with E-state index in [2.05, 4.69) is 4.74 Å². The van der Waals surface area contributed by atoms with E-state index >= 15 is 0 Å². The van der Waals surface area contributed by atoms with E-state index in [-0.39, 0.29) is 27.7 Å². The van der Waals surface area contributed by atoms with Crippen molar-refractivity contribution in [3.63, 3.8) is 0 Å². The van der Waals surface area contributed by atoms with Crippen LogP contribution in [0.2, 0.25) is 0 Å². The Morgan fingerprint density at radius 1 is 1.17 bits per heavy atom. The van der Waals surface area contributed by atoms with Gasteiger partial charge in [0.05, 0.1) is 0 Å². The minimum Gasteiger partial charge on any atom is -0.308 e. The Morgan fingerprint density at radius 2 is 1.50 bits per heavy atom. The fourth-order valence-electron chi connectivity index (χ4n) is 0.0204. The van der Waals surface area contributed by atoms with Crippen LogP contribution in [-0.4, -0.2) is 0 Å². The predicted molar refractivity (Wildman–Crippen MR) is 12.3 cm³/mol. The molecule has 6 heavy (non-hydrogen) atoms. The van der Waals surface area contributed by atoms with Crippen LogP contribution in [0.1, 0.15) is 0 Å². The first-order valence-electron chi connectivity index (χ1n) is 0.855. The van der Waals surface area contributed by atoms with E-state index in [1.54, 1.807) is 0 Å². The summed E-state index contributed by atoms with van der Waals surface area (Å²) < 4.78 is 3.44. The number of ether oxygens (including phenoxy) is 1. The third kappa shape index (κ3) is 9.31. The van der Waals surface area contributed by atoms with Crippen molar-refractivity contribution in [2.45, 2.75) is 0 Å². The molecule has 0 unspecified atom stereocenters. The zero-order valence-corrected chi connectivity index (χ0v) is 8.51. The molecule has 0 atom stereocenters. The zero-order chi connectivity index (χ0) is 4.12. The van der Waals surface area contributed by atoms with Gasteiger partial charge in [-0.15, -0.1) is 10.5 Å². The van der Waals surface area contributed by atoms with Crippen LogP contribution >= 0.6 is 0 Å². The molecule has 0 spiro atoms. The van der Waals surface area contributed by atoms with Crippen molar-refractivity contribution in [1.82, 2.24) is 0 Å². The van der Waals surface area contributed by atoms with Crippen LogP contribution in [-0.2, 0) is 32.4 Å². The number of nitriles is 2. The summed E-state index contributed by atoms with van der Waals surface area (Å²) in [5.41, 5.74) is 0. The molecule has 0 heterocycles. The molecule has 0 rings (SSSR count). The Kier molecular flexibility index (Phi) is 13.5. The molecular formula is C2HgN2O+2. The number of hydrogen-bond acceptors (Lipinski definition) is 3. The predicted octanol–water partition coefficient (Wildman–Crippen LogP) is -0.0373. The molecule has 0 N–H and O–H groups in total. The molecule has 0 aromatic heterocycles. The number of hydrogen-bond donors (Lipinski definition) is 0. The van der Waals surface area contributed by atoms with Gasteiger partial charge < -0.3 is 4.74 Å². The Balaban J connectivity index is 0. The summed E-state index contributed by atoms with van der Waals surface area (Å²) in [6.45, 7) is 0. The van der Waals surface area contributed by atoms with Crippen molar-refractivity contribution in [2.75, 3.05) is 0 Å². The molecule has 0 aromatic rings. The SMILES string of the molecule is N#COC#N.[Hg+2]. The fraction of sp³-hybridized carbons (Fsp3) is 0. The van der Waals surface area contributed by atoms with Crippen LogP contribution in [0.3, 0.4) is 0 Å². The summed E-state index contributed by atoms with van der Waals surface area (Å²) in [6.07, 6.45) is 2.31. The van der Waals surface area contributed by atoms with Crippen LogP contribution in [0.25, 0.3) is 0 Å². The number of rotatable bonds is 0. The Morgan fingerprint density at radius 3 is 1.50 bits per heavy atom. The second-order valence-corrected chi connectivity index (χ2v) is 0.285. The van der Waals surface area contributed by atoms with Crippen molar-refractivity contribution < 1.29 is 32.4 Å². The molecule has 0 saturated heterocycles. The molecule has 0 aromatic carbocycles. The smallest absolute Gasteiger partial charge is 0.308 e. The topological polar surface area (TPSA) is 56.8 Å². The third-order valence-corrected chi connectivity index (χ3v) is 0.0913. The molecular weight excluding hydrogens is 269 g/mol. The average molecular weight is 269 g/mol. The summed E-state index contributed by atoms with van der Waals surface area (Å²) in [6, 6.07) is 0. The molecule has 0 saturated carbocycles. The molecule has 0 aliphatic carbocycles. The maximum Gasteiger partial charge on any atom is 2.00 e. The van der Waals surface area contributed by atoms with E-state index in [9.17, 15) is 0 Å².